The molecule has 0 saturated carbocycles. The molecule has 0 amide bonds. The molecule has 6 heteroatoms. The number of hydrogen-bond donors (Lipinski definition) is 1. The number of rotatable bonds is 4. The van der Waals surface area contributed by atoms with Gasteiger partial charge in [-0.1, -0.05) is 18.2 Å². The standard InChI is InChI=1S/C14H11IN4O/c15-13-4-2-1-3-11(13)9-20-12-7-5-10(6-8-12)14-16-18-19-17-14/h1-8H,9H2,(H,16,17,18,19). The van der Waals surface area contributed by atoms with Crippen LogP contribution in [0.1, 0.15) is 5.56 Å². The monoisotopic (exact) mass is 378 g/mol. The zero-order valence-corrected chi connectivity index (χ0v) is 12.6. The van der Waals surface area contributed by atoms with Crippen molar-refractivity contribution in [3.05, 3.63) is 57.7 Å². The lowest BCUT2D eigenvalue weighted by Crippen LogP contribution is -1.97. The van der Waals surface area contributed by atoms with E-state index in [0.717, 1.165) is 11.3 Å². The Bertz CT molecular complexity index is 683. The Labute approximate surface area is 129 Å². The molecule has 0 bridgehead atoms. The minimum Gasteiger partial charge on any atom is -0.489 e. The van der Waals surface area contributed by atoms with Crippen LogP contribution in [0.3, 0.4) is 0 Å². The molecular weight excluding hydrogens is 367 g/mol. The fraction of sp³-hybridized carbons (Fsp3) is 0.0714. The molecule has 3 rings (SSSR count). The molecular formula is C14H11IN4O. The first kappa shape index (κ1) is 13.0. The van der Waals surface area contributed by atoms with Crippen LogP contribution >= 0.6 is 22.6 Å². The lowest BCUT2D eigenvalue weighted by molar-refractivity contribution is 0.305. The summed E-state index contributed by atoms with van der Waals surface area (Å²) in [7, 11) is 0. The highest BCUT2D eigenvalue weighted by atomic mass is 127. The molecule has 5 nitrogen and oxygen atoms in total. The van der Waals surface area contributed by atoms with Crippen molar-refractivity contribution in [3.63, 3.8) is 0 Å². The Hall–Kier alpha value is -1.96. The van der Waals surface area contributed by atoms with Crippen LogP contribution < -0.4 is 4.74 Å². The quantitative estimate of drug-likeness (QED) is 0.709. The van der Waals surface area contributed by atoms with Crippen molar-refractivity contribution >= 4 is 22.6 Å². The van der Waals surface area contributed by atoms with Crippen molar-refractivity contribution in [2.75, 3.05) is 0 Å². The van der Waals surface area contributed by atoms with E-state index in [1.165, 1.54) is 9.13 Å². The molecule has 20 heavy (non-hydrogen) atoms. The lowest BCUT2D eigenvalue weighted by atomic mass is 10.2. The first-order valence-electron chi connectivity index (χ1n) is 6.03. The first-order valence-corrected chi connectivity index (χ1v) is 7.11. The van der Waals surface area contributed by atoms with E-state index < -0.39 is 0 Å². The van der Waals surface area contributed by atoms with E-state index in [-0.39, 0.29) is 0 Å². The second-order valence-corrected chi connectivity index (χ2v) is 5.30. The topological polar surface area (TPSA) is 63.7 Å². The Kier molecular flexibility index (Phi) is 3.91. The fourth-order valence-electron chi connectivity index (χ4n) is 1.76. The number of aromatic amines is 1. The largest absolute Gasteiger partial charge is 0.489 e. The highest BCUT2D eigenvalue weighted by Crippen LogP contribution is 2.20. The number of nitrogens with zero attached hydrogens (tertiary/aromatic N) is 3. The van der Waals surface area contributed by atoms with Crippen molar-refractivity contribution in [2.45, 2.75) is 6.61 Å². The molecule has 0 atom stereocenters. The summed E-state index contributed by atoms with van der Waals surface area (Å²) in [6.45, 7) is 0.556. The fourth-order valence-corrected chi connectivity index (χ4v) is 2.30. The van der Waals surface area contributed by atoms with Crippen LogP contribution in [0.25, 0.3) is 11.4 Å². The van der Waals surface area contributed by atoms with Gasteiger partial charge in [-0.15, -0.1) is 10.2 Å². The van der Waals surface area contributed by atoms with E-state index in [1.54, 1.807) is 0 Å². The maximum atomic E-state index is 5.78. The number of hydrogen-bond acceptors (Lipinski definition) is 4. The van der Waals surface area contributed by atoms with Crippen molar-refractivity contribution in [1.29, 1.82) is 0 Å². The minimum atomic E-state index is 0.556. The van der Waals surface area contributed by atoms with E-state index in [4.69, 9.17) is 4.74 Å². The molecule has 0 aliphatic carbocycles. The molecule has 2 aromatic carbocycles. The number of aromatic nitrogens is 4. The van der Waals surface area contributed by atoms with Crippen molar-refractivity contribution in [3.8, 4) is 17.1 Å². The van der Waals surface area contributed by atoms with Gasteiger partial charge < -0.3 is 4.74 Å². The maximum absolute atomic E-state index is 5.78. The molecule has 0 spiro atoms. The van der Waals surface area contributed by atoms with Crippen LogP contribution in [0.2, 0.25) is 0 Å². The van der Waals surface area contributed by atoms with E-state index in [0.29, 0.717) is 12.4 Å². The molecule has 100 valence electrons. The Morgan fingerprint density at radius 2 is 1.85 bits per heavy atom. The van der Waals surface area contributed by atoms with Crippen LogP contribution in [0, 0.1) is 3.57 Å². The summed E-state index contributed by atoms with van der Waals surface area (Å²) in [5.74, 6) is 1.39. The van der Waals surface area contributed by atoms with E-state index in [1.807, 2.05) is 36.4 Å². The zero-order valence-electron chi connectivity index (χ0n) is 10.5. The lowest BCUT2D eigenvalue weighted by Gasteiger charge is -2.08. The molecule has 1 heterocycles. The predicted molar refractivity (Wildman–Crippen MR) is 83.1 cm³/mol. The van der Waals surface area contributed by atoms with Gasteiger partial charge in [0.05, 0.1) is 0 Å². The highest BCUT2D eigenvalue weighted by Gasteiger charge is 2.03. The molecule has 1 aromatic heterocycles. The number of halogens is 1. The highest BCUT2D eigenvalue weighted by molar-refractivity contribution is 14.1. The van der Waals surface area contributed by atoms with E-state index >= 15 is 0 Å². The number of H-pyrrole nitrogens is 1. The van der Waals surface area contributed by atoms with Gasteiger partial charge in [0.15, 0.2) is 0 Å². The molecule has 0 saturated heterocycles. The minimum absolute atomic E-state index is 0.556. The maximum Gasteiger partial charge on any atom is 0.204 e. The molecule has 3 aromatic rings. The summed E-state index contributed by atoms with van der Waals surface area (Å²) in [6, 6.07) is 15.8. The third-order valence-electron chi connectivity index (χ3n) is 2.81. The van der Waals surface area contributed by atoms with Gasteiger partial charge in [0, 0.05) is 14.7 Å². The van der Waals surface area contributed by atoms with Gasteiger partial charge in [-0.25, -0.2) is 0 Å². The smallest absolute Gasteiger partial charge is 0.204 e. The SMILES string of the molecule is Ic1ccccc1COc1ccc(-c2nn[nH]n2)cc1. The third-order valence-corrected chi connectivity index (χ3v) is 3.86. The van der Waals surface area contributed by atoms with Gasteiger partial charge in [0.1, 0.15) is 12.4 Å². The Balaban J connectivity index is 1.68. The van der Waals surface area contributed by atoms with Crippen LogP contribution in [0.4, 0.5) is 0 Å². The van der Waals surface area contributed by atoms with Gasteiger partial charge in [0.25, 0.3) is 0 Å². The average Bonchev–Trinajstić information content (AvgIpc) is 3.01. The molecule has 0 unspecified atom stereocenters. The number of nitrogens with one attached hydrogen (secondary N) is 1. The zero-order chi connectivity index (χ0) is 13.8. The second-order valence-electron chi connectivity index (χ2n) is 4.14. The number of ether oxygens (including phenoxy) is 1. The van der Waals surface area contributed by atoms with E-state index in [9.17, 15) is 0 Å². The summed E-state index contributed by atoms with van der Waals surface area (Å²) in [5.41, 5.74) is 2.08. The van der Waals surface area contributed by atoms with Crippen molar-refractivity contribution in [2.24, 2.45) is 0 Å². The normalized spacial score (nSPS) is 10.4. The predicted octanol–water partition coefficient (Wildman–Crippen LogP) is 3.05. The summed E-state index contributed by atoms with van der Waals surface area (Å²) in [4.78, 5) is 0. The third kappa shape index (κ3) is 2.96. The van der Waals surface area contributed by atoms with Crippen LogP contribution in [-0.4, -0.2) is 20.6 Å². The molecule has 0 aliphatic rings. The van der Waals surface area contributed by atoms with Crippen LogP contribution in [0.5, 0.6) is 5.75 Å². The molecule has 0 aliphatic heterocycles. The Morgan fingerprint density at radius 3 is 2.55 bits per heavy atom. The molecule has 0 radical (unpaired) electrons. The van der Waals surface area contributed by atoms with E-state index in [2.05, 4.69) is 55.3 Å². The molecule has 0 fully saturated rings. The summed E-state index contributed by atoms with van der Waals surface area (Å²) in [5, 5.41) is 13.8. The van der Waals surface area contributed by atoms with Crippen LogP contribution in [0.15, 0.2) is 48.5 Å². The van der Waals surface area contributed by atoms with Gasteiger partial charge in [-0.3, -0.25) is 0 Å². The van der Waals surface area contributed by atoms with Gasteiger partial charge in [-0.05, 0) is 58.1 Å². The van der Waals surface area contributed by atoms with Crippen molar-refractivity contribution in [1.82, 2.24) is 20.6 Å². The summed E-state index contributed by atoms with van der Waals surface area (Å²) < 4.78 is 6.98. The van der Waals surface area contributed by atoms with Crippen LogP contribution in [-0.2, 0) is 6.61 Å². The second kappa shape index (κ2) is 6.00. The van der Waals surface area contributed by atoms with Crippen molar-refractivity contribution < 1.29 is 4.74 Å². The summed E-state index contributed by atoms with van der Waals surface area (Å²) >= 11 is 2.31. The van der Waals surface area contributed by atoms with Gasteiger partial charge in [0.2, 0.25) is 5.82 Å². The number of benzene rings is 2. The molecule has 1 N–H and O–H groups in total. The van der Waals surface area contributed by atoms with Gasteiger partial charge >= 0.3 is 0 Å². The average molecular weight is 378 g/mol. The van der Waals surface area contributed by atoms with Gasteiger partial charge in [-0.2, -0.15) is 5.21 Å². The summed E-state index contributed by atoms with van der Waals surface area (Å²) in [6.07, 6.45) is 0. The number of tetrazole rings is 1. The Morgan fingerprint density at radius 1 is 1.05 bits per heavy atom. The first-order chi connectivity index (χ1) is 9.83.